The van der Waals surface area contributed by atoms with Crippen LogP contribution in [0.5, 0.6) is 0 Å². The van der Waals surface area contributed by atoms with E-state index in [9.17, 15) is 4.79 Å². The molecule has 0 aliphatic heterocycles. The van der Waals surface area contributed by atoms with Gasteiger partial charge in [-0.25, -0.2) is 0 Å². The summed E-state index contributed by atoms with van der Waals surface area (Å²) in [7, 11) is 1.83. The minimum Gasteiger partial charge on any atom is -0.359 e. The van der Waals surface area contributed by atoms with Gasteiger partial charge in [-0.3, -0.25) is 4.79 Å². The van der Waals surface area contributed by atoms with Gasteiger partial charge in [-0.15, -0.1) is 0 Å². The zero-order chi connectivity index (χ0) is 11.1. The van der Waals surface area contributed by atoms with Crippen molar-refractivity contribution in [3.8, 4) is 0 Å². The van der Waals surface area contributed by atoms with Crippen molar-refractivity contribution in [2.45, 2.75) is 33.2 Å². The van der Waals surface area contributed by atoms with Gasteiger partial charge in [0.2, 0.25) is 0 Å². The molecular weight excluding hydrogens is 192 g/mol. The Morgan fingerprint density at radius 1 is 1.47 bits per heavy atom. The Bertz CT molecular complexity index is 393. The highest BCUT2D eigenvalue weighted by Gasteiger charge is 2.35. The van der Waals surface area contributed by atoms with Crippen LogP contribution < -0.4 is 5.32 Å². The molecule has 1 aliphatic rings. The molecule has 0 unspecified atom stereocenters. The maximum atomic E-state index is 11.9. The fourth-order valence-electron chi connectivity index (χ4n) is 2.12. The lowest BCUT2D eigenvalue weighted by atomic mass is 9.76. The first-order chi connectivity index (χ1) is 7.03. The second kappa shape index (κ2) is 3.45. The van der Waals surface area contributed by atoms with Crippen molar-refractivity contribution in [3.05, 3.63) is 17.0 Å². The van der Waals surface area contributed by atoms with Crippen LogP contribution in [0.2, 0.25) is 0 Å². The number of hydrogen-bond acceptors (Lipinski definition) is 4. The van der Waals surface area contributed by atoms with E-state index in [2.05, 4.69) is 24.3 Å². The van der Waals surface area contributed by atoms with E-state index >= 15 is 0 Å². The fourth-order valence-corrected chi connectivity index (χ4v) is 2.12. The smallest absolute Gasteiger partial charge is 0.168 e. The summed E-state index contributed by atoms with van der Waals surface area (Å²) in [6.45, 7) is 4.73. The summed E-state index contributed by atoms with van der Waals surface area (Å²) in [5.41, 5.74) is 1.54. The Labute approximate surface area is 89.0 Å². The van der Waals surface area contributed by atoms with Crippen molar-refractivity contribution in [2.24, 2.45) is 5.41 Å². The van der Waals surface area contributed by atoms with Crippen LogP contribution in [0.4, 0.5) is 0 Å². The molecule has 0 aromatic carbocycles. The monoisotopic (exact) mass is 208 g/mol. The molecule has 2 rings (SSSR count). The quantitative estimate of drug-likeness (QED) is 0.801. The molecule has 1 aromatic heterocycles. The topological polar surface area (TPSA) is 55.1 Å². The second-order valence-electron chi connectivity index (χ2n) is 4.90. The summed E-state index contributed by atoms with van der Waals surface area (Å²) in [6.07, 6.45) is 1.40. The summed E-state index contributed by atoms with van der Waals surface area (Å²) in [4.78, 5) is 11.9. The predicted molar refractivity (Wildman–Crippen MR) is 55.7 cm³/mol. The lowest BCUT2D eigenvalue weighted by Gasteiger charge is -2.26. The SMILES string of the molecule is CNCc1onc2c1C(=O)CC(C)(C)C2. The van der Waals surface area contributed by atoms with Crippen LogP contribution in [0, 0.1) is 5.41 Å². The molecule has 0 saturated carbocycles. The number of nitrogens with zero attached hydrogens (tertiary/aromatic N) is 1. The number of carbonyl (C=O) groups is 1. The minimum absolute atomic E-state index is 0.0118. The number of fused-ring (bicyclic) bond motifs is 1. The van der Waals surface area contributed by atoms with E-state index in [0.717, 1.165) is 12.1 Å². The minimum atomic E-state index is 0.0118. The van der Waals surface area contributed by atoms with Crippen LogP contribution in [0.1, 0.15) is 42.1 Å². The van der Waals surface area contributed by atoms with E-state index in [1.54, 1.807) is 0 Å². The van der Waals surface area contributed by atoms with E-state index < -0.39 is 0 Å². The summed E-state index contributed by atoms with van der Waals surface area (Å²) in [5.74, 6) is 0.834. The van der Waals surface area contributed by atoms with Crippen LogP contribution in [0.25, 0.3) is 0 Å². The van der Waals surface area contributed by atoms with Crippen LogP contribution in [0.3, 0.4) is 0 Å². The van der Waals surface area contributed by atoms with Gasteiger partial charge >= 0.3 is 0 Å². The average Bonchev–Trinajstić information content (AvgIpc) is 2.46. The molecular formula is C11H16N2O2. The molecule has 0 radical (unpaired) electrons. The summed E-state index contributed by atoms with van der Waals surface area (Å²) < 4.78 is 5.19. The van der Waals surface area contributed by atoms with Crippen molar-refractivity contribution >= 4 is 5.78 Å². The van der Waals surface area contributed by atoms with Gasteiger partial charge in [0.15, 0.2) is 11.5 Å². The molecule has 0 amide bonds. The molecule has 0 fully saturated rings. The fraction of sp³-hybridized carbons (Fsp3) is 0.636. The lowest BCUT2D eigenvalue weighted by Crippen LogP contribution is -2.27. The number of ketones is 1. The van der Waals surface area contributed by atoms with Crippen molar-refractivity contribution in [1.29, 1.82) is 0 Å². The zero-order valence-corrected chi connectivity index (χ0v) is 9.39. The Kier molecular flexibility index (Phi) is 2.38. The number of aromatic nitrogens is 1. The van der Waals surface area contributed by atoms with E-state index in [1.165, 1.54) is 0 Å². The van der Waals surface area contributed by atoms with Gasteiger partial charge in [0.25, 0.3) is 0 Å². The van der Waals surface area contributed by atoms with Gasteiger partial charge < -0.3 is 9.84 Å². The van der Waals surface area contributed by atoms with Crippen molar-refractivity contribution < 1.29 is 9.32 Å². The van der Waals surface area contributed by atoms with Crippen LogP contribution >= 0.6 is 0 Å². The highest BCUT2D eigenvalue weighted by atomic mass is 16.5. The van der Waals surface area contributed by atoms with Crippen LogP contribution in [-0.2, 0) is 13.0 Å². The first-order valence-electron chi connectivity index (χ1n) is 5.19. The van der Waals surface area contributed by atoms with Crippen molar-refractivity contribution in [2.75, 3.05) is 7.05 Å². The molecule has 4 nitrogen and oxygen atoms in total. The molecule has 1 aliphatic carbocycles. The second-order valence-corrected chi connectivity index (χ2v) is 4.90. The Hall–Kier alpha value is -1.16. The van der Waals surface area contributed by atoms with Gasteiger partial charge in [0, 0.05) is 6.42 Å². The lowest BCUT2D eigenvalue weighted by molar-refractivity contribution is 0.0910. The van der Waals surface area contributed by atoms with Crippen LogP contribution in [0.15, 0.2) is 4.52 Å². The molecule has 0 atom stereocenters. The van der Waals surface area contributed by atoms with Crippen molar-refractivity contribution in [1.82, 2.24) is 10.5 Å². The van der Waals surface area contributed by atoms with Gasteiger partial charge in [0.05, 0.1) is 17.8 Å². The van der Waals surface area contributed by atoms with Gasteiger partial charge in [-0.05, 0) is 18.9 Å². The van der Waals surface area contributed by atoms with Gasteiger partial charge in [-0.2, -0.15) is 0 Å². The zero-order valence-electron chi connectivity index (χ0n) is 9.39. The highest BCUT2D eigenvalue weighted by Crippen LogP contribution is 2.35. The first-order valence-corrected chi connectivity index (χ1v) is 5.19. The summed E-state index contributed by atoms with van der Waals surface area (Å²) >= 11 is 0. The maximum absolute atomic E-state index is 11.9. The van der Waals surface area contributed by atoms with E-state index in [4.69, 9.17) is 4.52 Å². The maximum Gasteiger partial charge on any atom is 0.168 e. The third-order valence-corrected chi connectivity index (χ3v) is 2.73. The molecule has 4 heteroatoms. The first kappa shape index (κ1) is 10.4. The predicted octanol–water partition coefficient (Wildman–Crippen LogP) is 1.55. The highest BCUT2D eigenvalue weighted by molar-refractivity contribution is 5.99. The summed E-state index contributed by atoms with van der Waals surface area (Å²) in [6, 6.07) is 0. The number of Topliss-reactive ketones (excluding diaryl/α,β-unsaturated/α-hetero) is 1. The number of nitrogens with one attached hydrogen (secondary N) is 1. The Morgan fingerprint density at radius 2 is 2.20 bits per heavy atom. The molecule has 1 aromatic rings. The van der Waals surface area contributed by atoms with E-state index in [-0.39, 0.29) is 11.2 Å². The van der Waals surface area contributed by atoms with Crippen molar-refractivity contribution in [3.63, 3.8) is 0 Å². The summed E-state index contributed by atoms with van der Waals surface area (Å²) in [5, 5.41) is 6.96. The third-order valence-electron chi connectivity index (χ3n) is 2.73. The van der Waals surface area contributed by atoms with Crippen LogP contribution in [-0.4, -0.2) is 18.0 Å². The normalized spacial score (nSPS) is 19.0. The average molecular weight is 208 g/mol. The largest absolute Gasteiger partial charge is 0.359 e. The number of hydrogen-bond donors (Lipinski definition) is 1. The Balaban J connectivity index is 2.39. The third kappa shape index (κ3) is 1.81. The standard InChI is InChI=1S/C11H16N2O2/c1-11(2)4-7-10(8(14)5-11)9(6-12-3)15-13-7/h12H,4-6H2,1-3H3. The van der Waals surface area contributed by atoms with Gasteiger partial charge in [0.1, 0.15) is 0 Å². The molecule has 15 heavy (non-hydrogen) atoms. The molecule has 0 bridgehead atoms. The van der Waals surface area contributed by atoms with Gasteiger partial charge in [-0.1, -0.05) is 19.0 Å². The Morgan fingerprint density at radius 3 is 2.87 bits per heavy atom. The van der Waals surface area contributed by atoms with E-state index in [1.807, 2.05) is 7.05 Å². The number of rotatable bonds is 2. The molecule has 0 saturated heterocycles. The molecule has 1 N–H and O–H groups in total. The van der Waals surface area contributed by atoms with E-state index in [0.29, 0.717) is 24.3 Å². The molecule has 0 spiro atoms. The number of carbonyl (C=O) groups excluding carboxylic acids is 1. The molecule has 82 valence electrons. The molecule has 1 heterocycles.